The number of hydrogen-bond donors (Lipinski definition) is 1. The summed E-state index contributed by atoms with van der Waals surface area (Å²) in [4.78, 5) is 15.5. The van der Waals surface area contributed by atoms with Gasteiger partial charge in [0.15, 0.2) is 0 Å². The van der Waals surface area contributed by atoms with Crippen LogP contribution in [0.2, 0.25) is 0 Å². The zero-order chi connectivity index (χ0) is 12.2. The maximum absolute atomic E-state index is 11.3. The standard InChI is InChI=1S/C12H20N2O2/c1-4-12(5-2,11(15)16)7-6-10-13-8-9-14(10)3/h8-9H,4-7H2,1-3H3,(H,15,16). The third-order valence-corrected chi connectivity index (χ3v) is 3.56. The highest BCUT2D eigenvalue weighted by atomic mass is 16.4. The Hall–Kier alpha value is -1.32. The molecule has 0 bridgehead atoms. The van der Waals surface area contributed by atoms with Gasteiger partial charge in [-0.15, -0.1) is 0 Å². The lowest BCUT2D eigenvalue weighted by Gasteiger charge is -2.26. The van der Waals surface area contributed by atoms with Gasteiger partial charge in [-0.1, -0.05) is 13.8 Å². The molecule has 1 N–H and O–H groups in total. The Morgan fingerprint density at radius 3 is 2.50 bits per heavy atom. The minimum absolute atomic E-state index is 0.591. The molecule has 0 aliphatic carbocycles. The summed E-state index contributed by atoms with van der Waals surface area (Å²) in [5, 5.41) is 9.29. The number of nitrogens with zero attached hydrogens (tertiary/aromatic N) is 2. The third-order valence-electron chi connectivity index (χ3n) is 3.56. The zero-order valence-electron chi connectivity index (χ0n) is 10.2. The van der Waals surface area contributed by atoms with Crippen LogP contribution in [0.3, 0.4) is 0 Å². The topological polar surface area (TPSA) is 55.1 Å². The first-order valence-corrected chi connectivity index (χ1v) is 5.75. The van der Waals surface area contributed by atoms with Crippen molar-refractivity contribution >= 4 is 5.97 Å². The van der Waals surface area contributed by atoms with Crippen LogP contribution in [0.5, 0.6) is 0 Å². The number of hydrogen-bond acceptors (Lipinski definition) is 2. The molecular formula is C12H20N2O2. The molecule has 4 nitrogen and oxygen atoms in total. The molecule has 1 heterocycles. The molecule has 0 spiro atoms. The van der Waals surface area contributed by atoms with Crippen LogP contribution in [0.4, 0.5) is 0 Å². The average Bonchev–Trinajstić information content (AvgIpc) is 2.66. The molecule has 0 fully saturated rings. The molecule has 0 atom stereocenters. The molecule has 0 saturated carbocycles. The monoisotopic (exact) mass is 224 g/mol. The highest BCUT2D eigenvalue weighted by Gasteiger charge is 2.34. The Kier molecular flexibility index (Phi) is 4.10. The highest BCUT2D eigenvalue weighted by Crippen LogP contribution is 2.32. The second-order valence-electron chi connectivity index (χ2n) is 4.25. The van der Waals surface area contributed by atoms with E-state index in [1.54, 1.807) is 6.20 Å². The van der Waals surface area contributed by atoms with Gasteiger partial charge in [0.05, 0.1) is 5.41 Å². The molecular weight excluding hydrogens is 204 g/mol. The Morgan fingerprint density at radius 2 is 2.12 bits per heavy atom. The van der Waals surface area contributed by atoms with Gasteiger partial charge in [-0.2, -0.15) is 0 Å². The van der Waals surface area contributed by atoms with Crippen molar-refractivity contribution in [1.82, 2.24) is 9.55 Å². The van der Waals surface area contributed by atoms with Crippen molar-refractivity contribution in [1.29, 1.82) is 0 Å². The molecule has 90 valence electrons. The summed E-state index contributed by atoms with van der Waals surface area (Å²) in [5.41, 5.74) is -0.591. The number of rotatable bonds is 6. The molecule has 0 radical (unpaired) electrons. The van der Waals surface area contributed by atoms with E-state index in [2.05, 4.69) is 4.98 Å². The fourth-order valence-corrected chi connectivity index (χ4v) is 2.00. The van der Waals surface area contributed by atoms with Crippen LogP contribution in [-0.2, 0) is 18.3 Å². The van der Waals surface area contributed by atoms with Gasteiger partial charge in [-0.3, -0.25) is 4.79 Å². The van der Waals surface area contributed by atoms with Crippen LogP contribution < -0.4 is 0 Å². The Bertz CT molecular complexity index is 354. The minimum atomic E-state index is -0.688. The van der Waals surface area contributed by atoms with Gasteiger partial charge in [0.25, 0.3) is 0 Å². The number of carboxylic acids is 1. The van der Waals surface area contributed by atoms with Gasteiger partial charge in [-0.05, 0) is 19.3 Å². The van der Waals surface area contributed by atoms with Crippen LogP contribution in [0.1, 0.15) is 38.9 Å². The lowest BCUT2D eigenvalue weighted by Crippen LogP contribution is -2.30. The number of carbonyl (C=O) groups is 1. The van der Waals surface area contributed by atoms with Crippen molar-refractivity contribution in [3.8, 4) is 0 Å². The van der Waals surface area contributed by atoms with Crippen LogP contribution in [0.25, 0.3) is 0 Å². The molecule has 16 heavy (non-hydrogen) atoms. The van der Waals surface area contributed by atoms with E-state index in [-0.39, 0.29) is 0 Å². The summed E-state index contributed by atoms with van der Waals surface area (Å²) < 4.78 is 1.94. The molecule has 0 unspecified atom stereocenters. The molecule has 1 aromatic heterocycles. The van der Waals surface area contributed by atoms with Gasteiger partial charge in [0, 0.05) is 25.9 Å². The predicted molar refractivity (Wildman–Crippen MR) is 62.2 cm³/mol. The quantitative estimate of drug-likeness (QED) is 0.806. The second-order valence-corrected chi connectivity index (χ2v) is 4.25. The summed E-state index contributed by atoms with van der Waals surface area (Å²) in [7, 11) is 1.93. The van der Waals surface area contributed by atoms with Crippen LogP contribution >= 0.6 is 0 Å². The summed E-state index contributed by atoms with van der Waals surface area (Å²) in [6.07, 6.45) is 6.34. The van der Waals surface area contributed by atoms with E-state index in [0.717, 1.165) is 12.2 Å². The van der Waals surface area contributed by atoms with E-state index < -0.39 is 11.4 Å². The van der Waals surface area contributed by atoms with E-state index in [1.807, 2.05) is 31.7 Å². The lowest BCUT2D eigenvalue weighted by atomic mass is 9.78. The van der Waals surface area contributed by atoms with E-state index in [9.17, 15) is 9.90 Å². The summed E-state index contributed by atoms with van der Waals surface area (Å²) in [6.45, 7) is 3.88. The van der Waals surface area contributed by atoms with Gasteiger partial charge < -0.3 is 9.67 Å². The molecule has 0 aliphatic heterocycles. The first kappa shape index (κ1) is 12.7. The SMILES string of the molecule is CCC(CC)(CCc1nccn1C)C(=O)O. The average molecular weight is 224 g/mol. The predicted octanol–water partition coefficient (Wildman–Crippen LogP) is 2.24. The summed E-state index contributed by atoms with van der Waals surface area (Å²) in [5.74, 6) is 0.263. The Morgan fingerprint density at radius 1 is 1.50 bits per heavy atom. The maximum Gasteiger partial charge on any atom is 0.309 e. The van der Waals surface area contributed by atoms with Gasteiger partial charge in [-0.25, -0.2) is 4.98 Å². The van der Waals surface area contributed by atoms with Crippen LogP contribution in [0.15, 0.2) is 12.4 Å². The van der Waals surface area contributed by atoms with E-state index >= 15 is 0 Å². The van der Waals surface area contributed by atoms with Crippen LogP contribution in [-0.4, -0.2) is 20.6 Å². The molecule has 4 heteroatoms. The third kappa shape index (κ3) is 2.43. The number of aliphatic carboxylic acids is 1. The molecule has 0 aliphatic rings. The van der Waals surface area contributed by atoms with Gasteiger partial charge in [0.1, 0.15) is 5.82 Å². The van der Waals surface area contributed by atoms with Crippen molar-refractivity contribution in [2.75, 3.05) is 0 Å². The first-order valence-electron chi connectivity index (χ1n) is 5.75. The molecule has 0 saturated heterocycles. The minimum Gasteiger partial charge on any atom is -0.481 e. The van der Waals surface area contributed by atoms with E-state index in [0.29, 0.717) is 19.3 Å². The van der Waals surface area contributed by atoms with Crippen molar-refractivity contribution in [3.05, 3.63) is 18.2 Å². The van der Waals surface area contributed by atoms with Crippen molar-refractivity contribution < 1.29 is 9.90 Å². The van der Waals surface area contributed by atoms with Crippen molar-refractivity contribution in [2.45, 2.75) is 39.5 Å². The molecule has 0 amide bonds. The molecule has 0 aromatic carbocycles. The smallest absolute Gasteiger partial charge is 0.309 e. The maximum atomic E-state index is 11.3. The van der Waals surface area contributed by atoms with Gasteiger partial charge >= 0.3 is 5.97 Å². The normalized spacial score (nSPS) is 11.7. The van der Waals surface area contributed by atoms with Crippen molar-refractivity contribution in [3.63, 3.8) is 0 Å². The van der Waals surface area contributed by atoms with Crippen LogP contribution in [0, 0.1) is 5.41 Å². The van der Waals surface area contributed by atoms with E-state index in [4.69, 9.17) is 0 Å². The number of carboxylic acid groups (broad SMARTS) is 1. The lowest BCUT2D eigenvalue weighted by molar-refractivity contribution is -0.150. The first-order chi connectivity index (χ1) is 7.55. The fourth-order valence-electron chi connectivity index (χ4n) is 2.00. The molecule has 1 aromatic rings. The summed E-state index contributed by atoms with van der Waals surface area (Å²) in [6, 6.07) is 0. The molecule has 1 rings (SSSR count). The van der Waals surface area contributed by atoms with E-state index in [1.165, 1.54) is 0 Å². The number of aromatic nitrogens is 2. The number of aryl methyl sites for hydroxylation is 2. The van der Waals surface area contributed by atoms with Crippen molar-refractivity contribution in [2.24, 2.45) is 12.5 Å². The second kappa shape index (κ2) is 5.14. The Labute approximate surface area is 96.3 Å². The number of imidazole rings is 1. The fraction of sp³-hybridized carbons (Fsp3) is 0.667. The van der Waals surface area contributed by atoms with Gasteiger partial charge in [0.2, 0.25) is 0 Å². The highest BCUT2D eigenvalue weighted by molar-refractivity contribution is 5.74. The Balaban J connectivity index is 2.71. The summed E-state index contributed by atoms with van der Waals surface area (Å²) >= 11 is 0. The zero-order valence-corrected chi connectivity index (χ0v) is 10.2. The largest absolute Gasteiger partial charge is 0.481 e.